The monoisotopic (exact) mass is 247 g/mol. The van der Waals surface area contributed by atoms with Crippen LogP contribution in [-0.4, -0.2) is 36.0 Å². The lowest BCUT2D eigenvalue weighted by Gasteiger charge is -2.32. The third kappa shape index (κ3) is 2.58. The summed E-state index contributed by atoms with van der Waals surface area (Å²) in [5.74, 6) is -0.405. The number of hydrogen-bond acceptors (Lipinski definition) is 3. The molecule has 2 fully saturated rings. The van der Waals surface area contributed by atoms with Crippen LogP contribution in [-0.2, 0) is 16.0 Å². The van der Waals surface area contributed by atoms with E-state index in [-0.39, 0.29) is 12.2 Å². The number of hydrogen-bond donors (Lipinski definition) is 0. The van der Waals surface area contributed by atoms with E-state index in [4.69, 9.17) is 9.47 Å². The van der Waals surface area contributed by atoms with Gasteiger partial charge in [-0.3, -0.25) is 4.90 Å². The number of piperidine rings is 1. The molecule has 0 amide bonds. The molecule has 3 heteroatoms. The Bertz CT molecular complexity index is 404. The zero-order valence-electron chi connectivity index (χ0n) is 11.1. The summed E-state index contributed by atoms with van der Waals surface area (Å²) in [4.78, 5) is 2.46. The van der Waals surface area contributed by atoms with Gasteiger partial charge in [0.2, 0.25) is 0 Å². The van der Waals surface area contributed by atoms with Crippen molar-refractivity contribution in [2.45, 2.75) is 44.8 Å². The maximum Gasteiger partial charge on any atom is 0.163 e. The van der Waals surface area contributed by atoms with Crippen molar-refractivity contribution in [1.82, 2.24) is 4.90 Å². The van der Waals surface area contributed by atoms with Crippen molar-refractivity contribution in [2.24, 2.45) is 0 Å². The van der Waals surface area contributed by atoms with Crippen LogP contribution < -0.4 is 0 Å². The summed E-state index contributed by atoms with van der Waals surface area (Å²) in [6.07, 6.45) is 1.59. The van der Waals surface area contributed by atoms with E-state index < -0.39 is 5.79 Å². The van der Waals surface area contributed by atoms with Crippen LogP contribution >= 0.6 is 0 Å². The van der Waals surface area contributed by atoms with E-state index in [0.29, 0.717) is 0 Å². The normalized spacial score (nSPS) is 31.2. The van der Waals surface area contributed by atoms with Gasteiger partial charge in [-0.15, -0.1) is 0 Å². The van der Waals surface area contributed by atoms with E-state index in [1.54, 1.807) is 0 Å². The first-order valence-corrected chi connectivity index (χ1v) is 6.74. The molecule has 2 aliphatic rings. The van der Waals surface area contributed by atoms with Crippen molar-refractivity contribution >= 4 is 0 Å². The molecular formula is C15H21NO2. The van der Waals surface area contributed by atoms with Crippen LogP contribution in [0, 0.1) is 0 Å². The number of nitrogens with zero attached hydrogens (tertiary/aromatic N) is 1. The molecular weight excluding hydrogens is 226 g/mol. The lowest BCUT2D eigenvalue weighted by Crippen LogP contribution is -2.44. The number of likely N-dealkylation sites (tertiary alicyclic amines) is 1. The van der Waals surface area contributed by atoms with Crippen LogP contribution in [0.4, 0.5) is 0 Å². The minimum Gasteiger partial charge on any atom is -0.344 e. The topological polar surface area (TPSA) is 21.7 Å². The van der Waals surface area contributed by atoms with Crippen LogP contribution in [0.3, 0.4) is 0 Å². The van der Waals surface area contributed by atoms with Gasteiger partial charge in [0.1, 0.15) is 0 Å². The van der Waals surface area contributed by atoms with E-state index in [2.05, 4.69) is 35.2 Å². The molecule has 2 aliphatic heterocycles. The quantitative estimate of drug-likeness (QED) is 0.801. The van der Waals surface area contributed by atoms with Crippen molar-refractivity contribution in [3.05, 3.63) is 35.9 Å². The van der Waals surface area contributed by atoms with E-state index in [0.717, 1.165) is 26.1 Å². The summed E-state index contributed by atoms with van der Waals surface area (Å²) in [5.41, 5.74) is 1.37. The molecule has 0 aliphatic carbocycles. The molecule has 0 spiro atoms. The van der Waals surface area contributed by atoms with Gasteiger partial charge in [-0.25, -0.2) is 0 Å². The molecule has 0 unspecified atom stereocenters. The highest BCUT2D eigenvalue weighted by atomic mass is 16.8. The van der Waals surface area contributed by atoms with Crippen LogP contribution in [0.5, 0.6) is 0 Å². The summed E-state index contributed by atoms with van der Waals surface area (Å²) < 4.78 is 11.9. The van der Waals surface area contributed by atoms with Gasteiger partial charge < -0.3 is 9.47 Å². The third-order valence-electron chi connectivity index (χ3n) is 3.70. The molecule has 1 aromatic carbocycles. The Labute approximate surface area is 109 Å². The SMILES string of the molecule is CC1(C)O[C@H]2CN(Cc3ccccc3)CC[C@H]2O1. The highest BCUT2D eigenvalue weighted by molar-refractivity contribution is 5.14. The molecule has 2 heterocycles. The molecule has 0 bridgehead atoms. The van der Waals surface area contributed by atoms with Gasteiger partial charge in [-0.1, -0.05) is 30.3 Å². The number of ether oxygens (including phenoxy) is 2. The predicted molar refractivity (Wildman–Crippen MR) is 70.2 cm³/mol. The number of fused-ring (bicyclic) bond motifs is 1. The first-order valence-electron chi connectivity index (χ1n) is 6.74. The fourth-order valence-electron chi connectivity index (χ4n) is 2.95. The van der Waals surface area contributed by atoms with Crippen molar-refractivity contribution in [1.29, 1.82) is 0 Å². The molecule has 3 nitrogen and oxygen atoms in total. The van der Waals surface area contributed by atoms with Gasteiger partial charge in [0.05, 0.1) is 12.2 Å². The zero-order chi connectivity index (χ0) is 12.6. The summed E-state index contributed by atoms with van der Waals surface area (Å²) >= 11 is 0. The molecule has 0 N–H and O–H groups in total. The molecule has 0 aromatic heterocycles. The number of rotatable bonds is 2. The lowest BCUT2D eigenvalue weighted by atomic mass is 10.0. The highest BCUT2D eigenvalue weighted by Gasteiger charge is 2.43. The molecule has 1 aromatic rings. The fraction of sp³-hybridized carbons (Fsp3) is 0.600. The molecule has 2 saturated heterocycles. The summed E-state index contributed by atoms with van der Waals surface area (Å²) in [6.45, 7) is 7.09. The second kappa shape index (κ2) is 4.65. The first kappa shape index (κ1) is 12.2. The van der Waals surface area contributed by atoms with Gasteiger partial charge in [0.25, 0.3) is 0 Å². The maximum atomic E-state index is 5.96. The molecule has 18 heavy (non-hydrogen) atoms. The molecule has 98 valence electrons. The van der Waals surface area contributed by atoms with E-state index >= 15 is 0 Å². The Morgan fingerprint density at radius 1 is 1.17 bits per heavy atom. The lowest BCUT2D eigenvalue weighted by molar-refractivity contribution is -0.145. The van der Waals surface area contributed by atoms with Gasteiger partial charge in [-0.2, -0.15) is 0 Å². The zero-order valence-corrected chi connectivity index (χ0v) is 11.1. The van der Waals surface area contributed by atoms with Crippen molar-refractivity contribution in [3.8, 4) is 0 Å². The largest absolute Gasteiger partial charge is 0.344 e. The Morgan fingerprint density at radius 3 is 2.67 bits per heavy atom. The summed E-state index contributed by atoms with van der Waals surface area (Å²) in [6, 6.07) is 10.6. The van der Waals surface area contributed by atoms with Crippen LogP contribution in [0.2, 0.25) is 0 Å². The predicted octanol–water partition coefficient (Wildman–Crippen LogP) is 2.41. The Hall–Kier alpha value is -0.900. The Morgan fingerprint density at radius 2 is 1.89 bits per heavy atom. The minimum absolute atomic E-state index is 0.234. The standard InChI is InChI=1S/C15H21NO2/c1-15(2)17-13-8-9-16(11-14(13)18-15)10-12-6-4-3-5-7-12/h3-7,13-14H,8-11H2,1-2H3/t13-,14+/m1/s1. The van der Waals surface area contributed by atoms with E-state index in [1.165, 1.54) is 5.56 Å². The van der Waals surface area contributed by atoms with Crippen LogP contribution in [0.25, 0.3) is 0 Å². The Kier molecular flexibility index (Phi) is 3.14. The number of benzene rings is 1. The first-order chi connectivity index (χ1) is 8.62. The van der Waals surface area contributed by atoms with Crippen LogP contribution in [0.1, 0.15) is 25.8 Å². The Balaban J connectivity index is 1.61. The molecule has 2 atom stereocenters. The minimum atomic E-state index is -0.405. The molecule has 0 radical (unpaired) electrons. The fourth-order valence-corrected chi connectivity index (χ4v) is 2.95. The van der Waals surface area contributed by atoms with Crippen molar-refractivity contribution < 1.29 is 9.47 Å². The average molecular weight is 247 g/mol. The van der Waals surface area contributed by atoms with E-state index in [9.17, 15) is 0 Å². The highest BCUT2D eigenvalue weighted by Crippen LogP contribution is 2.33. The van der Waals surface area contributed by atoms with E-state index in [1.807, 2.05) is 13.8 Å². The maximum absolute atomic E-state index is 5.96. The summed E-state index contributed by atoms with van der Waals surface area (Å²) in [5, 5.41) is 0. The summed E-state index contributed by atoms with van der Waals surface area (Å²) in [7, 11) is 0. The van der Waals surface area contributed by atoms with Crippen molar-refractivity contribution in [2.75, 3.05) is 13.1 Å². The second-order valence-electron chi connectivity index (χ2n) is 5.72. The molecule has 0 saturated carbocycles. The average Bonchev–Trinajstić information content (AvgIpc) is 2.63. The van der Waals surface area contributed by atoms with Gasteiger partial charge in [-0.05, 0) is 25.8 Å². The van der Waals surface area contributed by atoms with Gasteiger partial charge >= 0.3 is 0 Å². The van der Waals surface area contributed by atoms with Gasteiger partial charge in [0.15, 0.2) is 5.79 Å². The second-order valence-corrected chi connectivity index (χ2v) is 5.72. The van der Waals surface area contributed by atoms with Gasteiger partial charge in [0, 0.05) is 19.6 Å². The smallest absolute Gasteiger partial charge is 0.163 e. The van der Waals surface area contributed by atoms with Crippen molar-refractivity contribution in [3.63, 3.8) is 0 Å². The van der Waals surface area contributed by atoms with Crippen LogP contribution in [0.15, 0.2) is 30.3 Å². The third-order valence-corrected chi connectivity index (χ3v) is 3.70. The molecule has 3 rings (SSSR count).